The standard InChI is InChI=1S/C13H10ClN3O2S/c14-12-5-4-11(7-13(12)16)20(18,19)17-10-3-1-2-9(6-10)8-15/h1-7,17H,16H2. The predicted octanol–water partition coefficient (Wildman–Crippen LogP) is 2.59. The molecule has 0 aliphatic heterocycles. The average molecular weight is 308 g/mol. The Hall–Kier alpha value is -2.23. The molecule has 3 N–H and O–H groups in total. The molecular weight excluding hydrogens is 298 g/mol. The van der Waals surface area contributed by atoms with E-state index in [9.17, 15) is 8.42 Å². The lowest BCUT2D eigenvalue weighted by molar-refractivity contribution is 0.601. The Balaban J connectivity index is 2.35. The van der Waals surface area contributed by atoms with Crippen LogP contribution >= 0.6 is 11.6 Å². The highest BCUT2D eigenvalue weighted by molar-refractivity contribution is 7.92. The van der Waals surface area contributed by atoms with Crippen LogP contribution in [0.15, 0.2) is 47.4 Å². The van der Waals surface area contributed by atoms with Crippen molar-refractivity contribution in [2.75, 3.05) is 10.5 Å². The van der Waals surface area contributed by atoms with Gasteiger partial charge in [-0.05, 0) is 36.4 Å². The van der Waals surface area contributed by atoms with Crippen molar-refractivity contribution < 1.29 is 8.42 Å². The summed E-state index contributed by atoms with van der Waals surface area (Å²) in [4.78, 5) is 0.00163. The third-order valence-electron chi connectivity index (χ3n) is 2.52. The summed E-state index contributed by atoms with van der Waals surface area (Å²) in [6.45, 7) is 0. The minimum atomic E-state index is -3.78. The Bertz CT molecular complexity index is 798. The fourth-order valence-corrected chi connectivity index (χ4v) is 2.76. The fraction of sp³-hybridized carbons (Fsp3) is 0. The van der Waals surface area contributed by atoms with Crippen molar-refractivity contribution in [2.45, 2.75) is 4.90 Å². The molecule has 0 bridgehead atoms. The first-order chi connectivity index (χ1) is 9.42. The topological polar surface area (TPSA) is 96.0 Å². The maximum absolute atomic E-state index is 12.2. The number of hydrogen-bond donors (Lipinski definition) is 2. The van der Waals surface area contributed by atoms with E-state index >= 15 is 0 Å². The van der Waals surface area contributed by atoms with Gasteiger partial charge in [0.15, 0.2) is 0 Å². The van der Waals surface area contributed by atoms with Crippen LogP contribution in [0, 0.1) is 11.3 Å². The van der Waals surface area contributed by atoms with Crippen molar-refractivity contribution in [1.29, 1.82) is 5.26 Å². The van der Waals surface area contributed by atoms with Crippen molar-refractivity contribution in [2.24, 2.45) is 0 Å². The van der Waals surface area contributed by atoms with Crippen molar-refractivity contribution in [3.05, 3.63) is 53.1 Å². The summed E-state index contributed by atoms with van der Waals surface area (Å²) in [7, 11) is -3.78. The summed E-state index contributed by atoms with van der Waals surface area (Å²) in [5.41, 5.74) is 6.44. The van der Waals surface area contributed by atoms with Crippen molar-refractivity contribution in [3.8, 4) is 6.07 Å². The van der Waals surface area contributed by atoms with Gasteiger partial charge < -0.3 is 5.73 Å². The first-order valence-electron chi connectivity index (χ1n) is 5.50. The molecular formula is C13H10ClN3O2S. The highest BCUT2D eigenvalue weighted by Gasteiger charge is 2.15. The van der Waals surface area contributed by atoms with Gasteiger partial charge in [0.25, 0.3) is 10.0 Å². The average Bonchev–Trinajstić information content (AvgIpc) is 2.41. The highest BCUT2D eigenvalue weighted by atomic mass is 35.5. The molecule has 0 atom stereocenters. The first-order valence-corrected chi connectivity index (χ1v) is 7.36. The lowest BCUT2D eigenvalue weighted by Crippen LogP contribution is -2.13. The van der Waals surface area contributed by atoms with Gasteiger partial charge in [-0.2, -0.15) is 5.26 Å². The SMILES string of the molecule is N#Cc1cccc(NS(=O)(=O)c2ccc(Cl)c(N)c2)c1. The van der Waals surface area contributed by atoms with Crippen LogP contribution in [0.5, 0.6) is 0 Å². The van der Waals surface area contributed by atoms with Gasteiger partial charge in [0.05, 0.1) is 32.9 Å². The summed E-state index contributed by atoms with van der Waals surface area (Å²) in [5.74, 6) is 0. The van der Waals surface area contributed by atoms with Crippen LogP contribution in [0.2, 0.25) is 5.02 Å². The number of sulfonamides is 1. The zero-order chi connectivity index (χ0) is 14.8. The lowest BCUT2D eigenvalue weighted by Gasteiger charge is -2.09. The molecule has 0 aromatic heterocycles. The Morgan fingerprint density at radius 1 is 1.20 bits per heavy atom. The number of anilines is 2. The van der Waals surface area contributed by atoms with E-state index in [1.165, 1.54) is 24.3 Å². The summed E-state index contributed by atoms with van der Waals surface area (Å²) < 4.78 is 26.7. The minimum absolute atomic E-state index is 0.00163. The van der Waals surface area contributed by atoms with Gasteiger partial charge >= 0.3 is 0 Å². The van der Waals surface area contributed by atoms with Gasteiger partial charge in [0.2, 0.25) is 0 Å². The first kappa shape index (κ1) is 14.2. The molecule has 2 rings (SSSR count). The maximum atomic E-state index is 12.2. The van der Waals surface area contributed by atoms with E-state index < -0.39 is 10.0 Å². The number of rotatable bonds is 3. The molecule has 7 heteroatoms. The highest BCUT2D eigenvalue weighted by Crippen LogP contribution is 2.24. The molecule has 2 aromatic rings. The fourth-order valence-electron chi connectivity index (χ4n) is 1.56. The van der Waals surface area contributed by atoms with E-state index in [-0.39, 0.29) is 15.6 Å². The molecule has 0 saturated heterocycles. The molecule has 20 heavy (non-hydrogen) atoms. The Morgan fingerprint density at radius 2 is 1.95 bits per heavy atom. The van der Waals surface area contributed by atoms with E-state index in [0.29, 0.717) is 11.3 Å². The lowest BCUT2D eigenvalue weighted by atomic mass is 10.2. The number of nitrogens with one attached hydrogen (secondary N) is 1. The van der Waals surface area contributed by atoms with Crippen LogP contribution in [-0.4, -0.2) is 8.42 Å². The number of nitrogens with zero attached hydrogens (tertiary/aromatic N) is 1. The predicted molar refractivity (Wildman–Crippen MR) is 77.8 cm³/mol. The number of halogens is 1. The quantitative estimate of drug-likeness (QED) is 0.852. The van der Waals surface area contributed by atoms with Crippen LogP contribution in [0.4, 0.5) is 11.4 Å². The van der Waals surface area contributed by atoms with Crippen LogP contribution < -0.4 is 10.5 Å². The van der Waals surface area contributed by atoms with Gasteiger partial charge in [-0.15, -0.1) is 0 Å². The van der Waals surface area contributed by atoms with Crippen LogP contribution in [0.3, 0.4) is 0 Å². The van der Waals surface area contributed by atoms with E-state index in [1.807, 2.05) is 6.07 Å². The number of nitrogens with two attached hydrogens (primary N) is 1. The third-order valence-corrected chi connectivity index (χ3v) is 4.24. The largest absolute Gasteiger partial charge is 0.397 e. The molecule has 2 aromatic carbocycles. The molecule has 0 radical (unpaired) electrons. The van der Waals surface area contributed by atoms with Gasteiger partial charge in [0.1, 0.15) is 0 Å². The number of nitrogen functional groups attached to an aromatic ring is 1. The van der Waals surface area contributed by atoms with Gasteiger partial charge in [0, 0.05) is 0 Å². The molecule has 0 spiro atoms. The Kier molecular flexibility index (Phi) is 3.84. The minimum Gasteiger partial charge on any atom is -0.397 e. The number of hydrogen-bond acceptors (Lipinski definition) is 4. The van der Waals surface area contributed by atoms with Crippen LogP contribution in [-0.2, 0) is 10.0 Å². The maximum Gasteiger partial charge on any atom is 0.261 e. The van der Waals surface area contributed by atoms with E-state index in [1.54, 1.807) is 18.2 Å². The van der Waals surface area contributed by atoms with Gasteiger partial charge in [-0.3, -0.25) is 4.72 Å². The molecule has 0 aliphatic carbocycles. The molecule has 0 heterocycles. The monoisotopic (exact) mass is 307 g/mol. The second kappa shape index (κ2) is 5.41. The zero-order valence-corrected chi connectivity index (χ0v) is 11.7. The molecule has 0 fully saturated rings. The van der Waals surface area contributed by atoms with Crippen molar-refractivity contribution >= 4 is 33.0 Å². The molecule has 102 valence electrons. The Morgan fingerprint density at radius 3 is 2.60 bits per heavy atom. The molecule has 0 aliphatic rings. The summed E-state index contributed by atoms with van der Waals surface area (Å²) in [5, 5.41) is 9.07. The Labute approximate surface area is 121 Å². The number of nitriles is 1. The molecule has 5 nitrogen and oxygen atoms in total. The number of benzene rings is 2. The van der Waals surface area contributed by atoms with Crippen molar-refractivity contribution in [3.63, 3.8) is 0 Å². The van der Waals surface area contributed by atoms with Gasteiger partial charge in [-0.25, -0.2) is 8.42 Å². The zero-order valence-electron chi connectivity index (χ0n) is 10.2. The molecule has 0 unspecified atom stereocenters. The third kappa shape index (κ3) is 3.02. The normalized spacial score (nSPS) is 10.8. The van der Waals surface area contributed by atoms with Crippen LogP contribution in [0.25, 0.3) is 0 Å². The molecule has 0 saturated carbocycles. The van der Waals surface area contributed by atoms with E-state index in [4.69, 9.17) is 22.6 Å². The van der Waals surface area contributed by atoms with Crippen molar-refractivity contribution in [1.82, 2.24) is 0 Å². The summed E-state index contributed by atoms with van der Waals surface area (Å²) in [6.07, 6.45) is 0. The van der Waals surface area contributed by atoms with Crippen LogP contribution in [0.1, 0.15) is 5.56 Å². The molecule has 0 amide bonds. The smallest absolute Gasteiger partial charge is 0.261 e. The second-order valence-corrected chi connectivity index (χ2v) is 6.07. The second-order valence-electron chi connectivity index (χ2n) is 3.98. The van der Waals surface area contributed by atoms with E-state index in [0.717, 1.165) is 0 Å². The summed E-state index contributed by atoms with van der Waals surface area (Å²) >= 11 is 5.75. The van der Waals surface area contributed by atoms with Gasteiger partial charge in [-0.1, -0.05) is 17.7 Å². The van der Waals surface area contributed by atoms with E-state index in [2.05, 4.69) is 4.72 Å². The summed E-state index contributed by atoms with van der Waals surface area (Å²) in [6, 6.07) is 12.1.